The number of nitrogens with zero attached hydrogens (tertiary/aromatic N) is 1. The first kappa shape index (κ1) is 11.0. The molecule has 1 atom stereocenters. The number of likely N-dealkylation sites (tertiary alicyclic amines) is 1. The zero-order valence-corrected chi connectivity index (χ0v) is 8.95. The highest BCUT2D eigenvalue weighted by molar-refractivity contribution is 5.81. The molecule has 0 aliphatic carbocycles. The molecule has 1 heterocycles. The first-order chi connectivity index (χ1) is 6.52. The van der Waals surface area contributed by atoms with Crippen molar-refractivity contribution in [2.75, 3.05) is 20.2 Å². The van der Waals surface area contributed by atoms with E-state index in [0.29, 0.717) is 0 Å². The van der Waals surface area contributed by atoms with E-state index in [1.54, 1.807) is 25.8 Å². The highest BCUT2D eigenvalue weighted by Gasteiger charge is 2.30. The molecule has 1 aliphatic rings. The maximum Gasteiger partial charge on any atom is 0.308 e. The molecular weight excluding hydrogens is 182 g/mol. The molecule has 4 nitrogen and oxygen atoms in total. The molecule has 1 unspecified atom stereocenters. The van der Waals surface area contributed by atoms with E-state index in [1.807, 2.05) is 0 Å². The molecule has 1 fully saturated rings. The molecule has 4 heteroatoms. The van der Waals surface area contributed by atoms with Crippen LogP contribution in [0.4, 0.5) is 0 Å². The minimum Gasteiger partial charge on any atom is -0.465 e. The summed E-state index contributed by atoms with van der Waals surface area (Å²) in [6.45, 7) is 4.57. The van der Waals surface area contributed by atoms with E-state index in [1.165, 1.54) is 0 Å². The number of rotatable bonds is 3. The van der Waals surface area contributed by atoms with E-state index in [4.69, 9.17) is 4.74 Å². The van der Waals surface area contributed by atoms with Gasteiger partial charge in [0.05, 0.1) is 11.8 Å². The summed E-state index contributed by atoms with van der Waals surface area (Å²) in [6.07, 6.45) is 0.792. The second-order valence-corrected chi connectivity index (χ2v) is 4.03. The van der Waals surface area contributed by atoms with Crippen LogP contribution in [0.2, 0.25) is 0 Å². The Labute approximate surface area is 84.2 Å². The standard InChI is InChI=1S/C10H17NO3/c1-7(2)10(13)14-6-8-4-5-11(3)9(8)12/h7-8H,4-6H2,1-3H3. The minimum absolute atomic E-state index is 0.0848. The maximum atomic E-state index is 11.4. The third-order valence-electron chi connectivity index (χ3n) is 2.44. The summed E-state index contributed by atoms with van der Waals surface area (Å²) in [6, 6.07) is 0. The fourth-order valence-corrected chi connectivity index (χ4v) is 1.40. The molecule has 0 N–H and O–H groups in total. The van der Waals surface area contributed by atoms with E-state index in [2.05, 4.69) is 0 Å². The van der Waals surface area contributed by atoms with Crippen molar-refractivity contribution in [3.8, 4) is 0 Å². The normalized spacial score (nSPS) is 21.9. The van der Waals surface area contributed by atoms with Gasteiger partial charge in [0.25, 0.3) is 0 Å². The summed E-state index contributed by atoms with van der Waals surface area (Å²) in [4.78, 5) is 24.2. The summed E-state index contributed by atoms with van der Waals surface area (Å²) in [5.74, 6) is -0.388. The molecule has 0 radical (unpaired) electrons. The average molecular weight is 199 g/mol. The third kappa shape index (κ3) is 2.47. The van der Waals surface area contributed by atoms with Crippen LogP contribution >= 0.6 is 0 Å². The first-order valence-corrected chi connectivity index (χ1v) is 4.94. The Morgan fingerprint density at radius 1 is 1.64 bits per heavy atom. The molecule has 0 saturated carbocycles. The lowest BCUT2D eigenvalue weighted by molar-refractivity contribution is -0.149. The Hall–Kier alpha value is -1.06. The lowest BCUT2D eigenvalue weighted by atomic mass is 10.1. The number of esters is 1. The Morgan fingerprint density at radius 2 is 2.29 bits per heavy atom. The number of hydrogen-bond acceptors (Lipinski definition) is 3. The van der Waals surface area contributed by atoms with Gasteiger partial charge in [-0.1, -0.05) is 13.8 Å². The van der Waals surface area contributed by atoms with Crippen LogP contribution in [0.15, 0.2) is 0 Å². The zero-order valence-electron chi connectivity index (χ0n) is 8.95. The quantitative estimate of drug-likeness (QED) is 0.627. The van der Waals surface area contributed by atoms with Crippen LogP contribution in [0, 0.1) is 11.8 Å². The van der Waals surface area contributed by atoms with Gasteiger partial charge in [-0.15, -0.1) is 0 Å². The van der Waals surface area contributed by atoms with Gasteiger partial charge in [-0.3, -0.25) is 9.59 Å². The second-order valence-electron chi connectivity index (χ2n) is 4.03. The predicted octanol–water partition coefficient (Wildman–Crippen LogP) is 0.664. The van der Waals surface area contributed by atoms with Crippen molar-refractivity contribution in [2.45, 2.75) is 20.3 Å². The number of carbonyl (C=O) groups is 2. The molecule has 0 bridgehead atoms. The van der Waals surface area contributed by atoms with Gasteiger partial charge in [-0.25, -0.2) is 0 Å². The van der Waals surface area contributed by atoms with Crippen LogP contribution in [0.1, 0.15) is 20.3 Å². The fraction of sp³-hybridized carbons (Fsp3) is 0.800. The molecule has 1 amide bonds. The number of amides is 1. The molecule has 0 aromatic carbocycles. The van der Waals surface area contributed by atoms with Crippen molar-refractivity contribution in [3.05, 3.63) is 0 Å². The molecule has 0 aromatic rings. The second kappa shape index (κ2) is 4.44. The van der Waals surface area contributed by atoms with Crippen molar-refractivity contribution in [3.63, 3.8) is 0 Å². The summed E-state index contributed by atoms with van der Waals surface area (Å²) in [7, 11) is 1.77. The SMILES string of the molecule is CC(C)C(=O)OCC1CCN(C)C1=O. The topological polar surface area (TPSA) is 46.6 Å². The average Bonchev–Trinajstić information content (AvgIpc) is 2.44. The summed E-state index contributed by atoms with van der Waals surface area (Å²) in [5, 5.41) is 0. The fourth-order valence-electron chi connectivity index (χ4n) is 1.40. The van der Waals surface area contributed by atoms with Gasteiger partial charge >= 0.3 is 5.97 Å². The molecule has 1 saturated heterocycles. The van der Waals surface area contributed by atoms with Crippen LogP contribution in [0.3, 0.4) is 0 Å². The molecule has 1 aliphatic heterocycles. The van der Waals surface area contributed by atoms with E-state index < -0.39 is 0 Å². The van der Waals surface area contributed by atoms with Gasteiger partial charge in [0.15, 0.2) is 0 Å². The van der Waals surface area contributed by atoms with Gasteiger partial charge in [0, 0.05) is 13.6 Å². The van der Waals surface area contributed by atoms with Crippen LogP contribution in [0.5, 0.6) is 0 Å². The van der Waals surface area contributed by atoms with Gasteiger partial charge < -0.3 is 9.64 Å². The van der Waals surface area contributed by atoms with E-state index >= 15 is 0 Å². The number of hydrogen-bond donors (Lipinski definition) is 0. The van der Waals surface area contributed by atoms with Gasteiger partial charge in [-0.05, 0) is 6.42 Å². The first-order valence-electron chi connectivity index (χ1n) is 4.94. The van der Waals surface area contributed by atoms with E-state index in [9.17, 15) is 9.59 Å². The smallest absolute Gasteiger partial charge is 0.308 e. The Bertz CT molecular complexity index is 238. The summed E-state index contributed by atoms with van der Waals surface area (Å²) in [5.41, 5.74) is 0. The lowest BCUT2D eigenvalue weighted by Gasteiger charge is -2.11. The third-order valence-corrected chi connectivity index (χ3v) is 2.44. The molecule has 0 spiro atoms. The largest absolute Gasteiger partial charge is 0.465 e. The van der Waals surface area contributed by atoms with Crippen molar-refractivity contribution in [2.24, 2.45) is 11.8 Å². The van der Waals surface area contributed by atoms with Crippen molar-refractivity contribution in [1.29, 1.82) is 0 Å². The molecule has 1 rings (SSSR count). The Balaban J connectivity index is 2.32. The van der Waals surface area contributed by atoms with Gasteiger partial charge in [-0.2, -0.15) is 0 Å². The van der Waals surface area contributed by atoms with Crippen LogP contribution in [-0.4, -0.2) is 37.0 Å². The number of carbonyl (C=O) groups excluding carboxylic acids is 2. The van der Waals surface area contributed by atoms with Crippen LogP contribution in [0.25, 0.3) is 0 Å². The Kier molecular flexibility index (Phi) is 3.49. The highest BCUT2D eigenvalue weighted by Crippen LogP contribution is 2.16. The highest BCUT2D eigenvalue weighted by atomic mass is 16.5. The maximum absolute atomic E-state index is 11.4. The zero-order chi connectivity index (χ0) is 10.7. The monoisotopic (exact) mass is 199 g/mol. The van der Waals surface area contributed by atoms with Crippen molar-refractivity contribution in [1.82, 2.24) is 4.90 Å². The summed E-state index contributed by atoms with van der Waals surface area (Å²) >= 11 is 0. The summed E-state index contributed by atoms with van der Waals surface area (Å²) < 4.78 is 5.02. The lowest BCUT2D eigenvalue weighted by Crippen LogP contribution is -2.26. The van der Waals surface area contributed by atoms with Gasteiger partial charge in [0.2, 0.25) is 5.91 Å². The van der Waals surface area contributed by atoms with E-state index in [0.717, 1.165) is 13.0 Å². The van der Waals surface area contributed by atoms with Crippen molar-refractivity contribution >= 4 is 11.9 Å². The predicted molar refractivity (Wildman–Crippen MR) is 51.5 cm³/mol. The number of ether oxygens (including phenoxy) is 1. The Morgan fingerprint density at radius 3 is 2.71 bits per heavy atom. The van der Waals surface area contributed by atoms with E-state index in [-0.39, 0.29) is 30.3 Å². The minimum atomic E-state index is -0.229. The molecular formula is C10H17NO3. The molecule has 80 valence electrons. The van der Waals surface area contributed by atoms with Gasteiger partial charge in [0.1, 0.15) is 6.61 Å². The molecule has 14 heavy (non-hydrogen) atoms. The van der Waals surface area contributed by atoms with Crippen LogP contribution < -0.4 is 0 Å². The van der Waals surface area contributed by atoms with Crippen LogP contribution in [-0.2, 0) is 14.3 Å². The molecule has 0 aromatic heterocycles. The van der Waals surface area contributed by atoms with Crippen molar-refractivity contribution < 1.29 is 14.3 Å².